The normalized spacial score (nSPS) is 23.0. The van der Waals surface area contributed by atoms with E-state index < -0.39 is 0 Å². The number of fused-ring (bicyclic) bond motifs is 1. The molecule has 5 nitrogen and oxygen atoms in total. The summed E-state index contributed by atoms with van der Waals surface area (Å²) in [5.74, 6) is 0.0336. The topological polar surface area (TPSA) is 47.6 Å². The lowest BCUT2D eigenvalue weighted by molar-refractivity contribution is 0.0881. The highest BCUT2D eigenvalue weighted by atomic mass is 16.1. The van der Waals surface area contributed by atoms with Gasteiger partial charge in [-0.05, 0) is 37.4 Å². The molecule has 5 heteroatoms. The maximum Gasteiger partial charge on any atom is 0.251 e. The van der Waals surface area contributed by atoms with Crippen molar-refractivity contribution in [2.24, 2.45) is 0 Å². The summed E-state index contributed by atoms with van der Waals surface area (Å²) in [5.41, 5.74) is 3.32. The SMILES string of the molecule is CN1CCN(C)C(CNC(=O)c2ccc3c(c2)CNC3)C1. The maximum atomic E-state index is 12.3. The van der Waals surface area contributed by atoms with Gasteiger partial charge in [0.1, 0.15) is 0 Å². The predicted octanol–water partition coefficient (Wildman–Crippen LogP) is 0.265. The molecule has 1 aromatic carbocycles. The number of amides is 1. The number of nitrogens with one attached hydrogen (secondary N) is 2. The van der Waals surface area contributed by atoms with Crippen molar-refractivity contribution in [3.8, 4) is 0 Å². The van der Waals surface area contributed by atoms with Gasteiger partial charge in [-0.25, -0.2) is 0 Å². The minimum Gasteiger partial charge on any atom is -0.350 e. The van der Waals surface area contributed by atoms with Gasteiger partial charge in [0.05, 0.1) is 0 Å². The fourth-order valence-corrected chi connectivity index (χ4v) is 3.07. The molecule has 0 spiro atoms. The Hall–Kier alpha value is -1.43. The molecule has 0 aromatic heterocycles. The van der Waals surface area contributed by atoms with E-state index in [1.54, 1.807) is 0 Å². The van der Waals surface area contributed by atoms with Gasteiger partial charge in [-0.15, -0.1) is 0 Å². The van der Waals surface area contributed by atoms with E-state index in [2.05, 4.69) is 40.6 Å². The highest BCUT2D eigenvalue weighted by Gasteiger charge is 2.22. The Morgan fingerprint density at radius 3 is 2.95 bits per heavy atom. The van der Waals surface area contributed by atoms with Gasteiger partial charge >= 0.3 is 0 Å². The Morgan fingerprint density at radius 2 is 2.10 bits per heavy atom. The van der Waals surface area contributed by atoms with Crippen LogP contribution >= 0.6 is 0 Å². The lowest BCUT2D eigenvalue weighted by Gasteiger charge is -2.37. The average Bonchev–Trinajstić information content (AvgIpc) is 2.95. The zero-order chi connectivity index (χ0) is 14.8. The van der Waals surface area contributed by atoms with Crippen molar-refractivity contribution >= 4 is 5.91 Å². The molecule has 3 rings (SSSR count). The zero-order valence-electron chi connectivity index (χ0n) is 12.9. The molecule has 1 aromatic rings. The number of hydrogen-bond acceptors (Lipinski definition) is 4. The first-order chi connectivity index (χ1) is 10.1. The van der Waals surface area contributed by atoms with Crippen LogP contribution in [0.4, 0.5) is 0 Å². The monoisotopic (exact) mass is 288 g/mol. The summed E-state index contributed by atoms with van der Waals surface area (Å²) in [5, 5.41) is 6.39. The van der Waals surface area contributed by atoms with E-state index in [1.165, 1.54) is 11.1 Å². The van der Waals surface area contributed by atoms with Crippen molar-refractivity contribution < 1.29 is 4.79 Å². The van der Waals surface area contributed by atoms with E-state index in [9.17, 15) is 4.79 Å². The molecular formula is C16H24N4O. The number of hydrogen-bond donors (Lipinski definition) is 2. The summed E-state index contributed by atoms with van der Waals surface area (Å²) >= 11 is 0. The van der Waals surface area contributed by atoms with Crippen molar-refractivity contribution in [2.45, 2.75) is 19.1 Å². The Morgan fingerprint density at radius 1 is 1.29 bits per heavy atom. The van der Waals surface area contributed by atoms with Crippen LogP contribution in [0.5, 0.6) is 0 Å². The van der Waals surface area contributed by atoms with Crippen molar-refractivity contribution in [1.29, 1.82) is 0 Å². The average molecular weight is 288 g/mol. The van der Waals surface area contributed by atoms with Crippen molar-refractivity contribution in [3.63, 3.8) is 0 Å². The number of benzene rings is 1. The van der Waals surface area contributed by atoms with E-state index in [1.807, 2.05) is 12.1 Å². The van der Waals surface area contributed by atoms with Crippen LogP contribution in [-0.2, 0) is 13.1 Å². The first-order valence-electron chi connectivity index (χ1n) is 7.63. The second kappa shape index (κ2) is 6.13. The van der Waals surface area contributed by atoms with Gasteiger partial charge in [0.25, 0.3) is 5.91 Å². The number of piperazine rings is 1. The number of rotatable bonds is 3. The number of likely N-dealkylation sites (N-methyl/N-ethyl adjacent to an activating group) is 2. The summed E-state index contributed by atoms with van der Waals surface area (Å²) in [6.45, 7) is 5.64. The smallest absolute Gasteiger partial charge is 0.251 e. The molecule has 1 saturated heterocycles. The third-order valence-electron chi connectivity index (χ3n) is 4.58. The summed E-state index contributed by atoms with van der Waals surface area (Å²) < 4.78 is 0. The van der Waals surface area contributed by atoms with E-state index in [0.717, 1.165) is 38.3 Å². The molecule has 2 aliphatic heterocycles. The molecule has 2 N–H and O–H groups in total. The van der Waals surface area contributed by atoms with Gasteiger partial charge in [0.2, 0.25) is 0 Å². The van der Waals surface area contributed by atoms with Crippen LogP contribution < -0.4 is 10.6 Å². The van der Waals surface area contributed by atoms with Gasteiger partial charge in [0, 0.05) is 50.9 Å². The molecule has 1 fully saturated rings. The molecule has 1 atom stereocenters. The summed E-state index contributed by atoms with van der Waals surface area (Å²) in [7, 11) is 4.26. The molecule has 1 amide bonds. The van der Waals surface area contributed by atoms with Crippen LogP contribution in [0.1, 0.15) is 21.5 Å². The van der Waals surface area contributed by atoms with Gasteiger partial charge in [-0.2, -0.15) is 0 Å². The summed E-state index contributed by atoms with van der Waals surface area (Å²) in [6.07, 6.45) is 0. The zero-order valence-corrected chi connectivity index (χ0v) is 12.9. The fraction of sp³-hybridized carbons (Fsp3) is 0.562. The van der Waals surface area contributed by atoms with Crippen LogP contribution in [0.3, 0.4) is 0 Å². The largest absolute Gasteiger partial charge is 0.350 e. The lowest BCUT2D eigenvalue weighted by atomic mass is 10.1. The predicted molar refractivity (Wildman–Crippen MR) is 83.2 cm³/mol. The highest BCUT2D eigenvalue weighted by molar-refractivity contribution is 5.94. The summed E-state index contributed by atoms with van der Waals surface area (Å²) in [4.78, 5) is 17.0. The molecule has 21 heavy (non-hydrogen) atoms. The molecule has 2 heterocycles. The minimum atomic E-state index is 0.0336. The number of carbonyl (C=O) groups is 1. The highest BCUT2D eigenvalue weighted by Crippen LogP contribution is 2.17. The number of nitrogens with zero attached hydrogens (tertiary/aromatic N) is 2. The standard InChI is InChI=1S/C16H24N4O/c1-19-5-6-20(2)15(11-19)10-18-16(21)12-3-4-13-8-17-9-14(13)7-12/h3-4,7,15,17H,5-6,8-11H2,1-2H3,(H,18,21). The molecular weight excluding hydrogens is 264 g/mol. The second-order valence-electron chi connectivity index (χ2n) is 6.19. The van der Waals surface area contributed by atoms with Crippen LogP contribution in [0.15, 0.2) is 18.2 Å². The first-order valence-corrected chi connectivity index (χ1v) is 7.63. The quantitative estimate of drug-likeness (QED) is 0.838. The van der Waals surface area contributed by atoms with Crippen LogP contribution in [-0.4, -0.2) is 62.0 Å². The molecule has 0 saturated carbocycles. The van der Waals surface area contributed by atoms with Crippen molar-refractivity contribution in [1.82, 2.24) is 20.4 Å². The van der Waals surface area contributed by atoms with Crippen LogP contribution in [0.25, 0.3) is 0 Å². The van der Waals surface area contributed by atoms with Crippen LogP contribution in [0, 0.1) is 0 Å². The Kier molecular flexibility index (Phi) is 4.24. The van der Waals surface area contributed by atoms with E-state index in [4.69, 9.17) is 0 Å². The molecule has 2 aliphatic rings. The van der Waals surface area contributed by atoms with Crippen molar-refractivity contribution in [2.75, 3.05) is 40.3 Å². The van der Waals surface area contributed by atoms with Gasteiger partial charge in [-0.3, -0.25) is 9.69 Å². The third kappa shape index (κ3) is 3.26. The fourth-order valence-electron chi connectivity index (χ4n) is 3.07. The molecule has 114 valence electrons. The minimum absolute atomic E-state index is 0.0336. The Balaban J connectivity index is 1.59. The van der Waals surface area contributed by atoms with E-state index >= 15 is 0 Å². The Labute approximate surface area is 126 Å². The summed E-state index contributed by atoms with van der Waals surface area (Å²) in [6, 6.07) is 6.40. The van der Waals surface area contributed by atoms with Crippen molar-refractivity contribution in [3.05, 3.63) is 34.9 Å². The molecule has 1 unspecified atom stereocenters. The third-order valence-corrected chi connectivity index (χ3v) is 4.58. The van der Waals surface area contributed by atoms with Gasteiger partial charge in [-0.1, -0.05) is 6.07 Å². The number of carbonyl (C=O) groups excluding carboxylic acids is 1. The van der Waals surface area contributed by atoms with E-state index in [-0.39, 0.29) is 5.91 Å². The maximum absolute atomic E-state index is 12.3. The van der Waals surface area contributed by atoms with Gasteiger partial charge < -0.3 is 15.5 Å². The molecule has 0 bridgehead atoms. The Bertz CT molecular complexity index is 531. The first kappa shape index (κ1) is 14.5. The lowest BCUT2D eigenvalue weighted by Crippen LogP contribution is -2.54. The van der Waals surface area contributed by atoms with Gasteiger partial charge in [0.15, 0.2) is 0 Å². The second-order valence-corrected chi connectivity index (χ2v) is 6.19. The molecule has 0 aliphatic carbocycles. The van der Waals surface area contributed by atoms with Crippen LogP contribution in [0.2, 0.25) is 0 Å². The van der Waals surface area contributed by atoms with E-state index in [0.29, 0.717) is 12.6 Å². The molecule has 0 radical (unpaired) electrons.